The van der Waals surface area contributed by atoms with Crippen LogP contribution in [0.2, 0.25) is 0 Å². The van der Waals surface area contributed by atoms with Gasteiger partial charge in [-0.05, 0) is 36.8 Å². The highest BCUT2D eigenvalue weighted by atomic mass is 32.2. The number of thioether (sulfide) groups is 1. The second kappa shape index (κ2) is 9.93. The average Bonchev–Trinajstić information content (AvgIpc) is 3.11. The van der Waals surface area contributed by atoms with Crippen molar-refractivity contribution < 1.29 is 14.4 Å². The number of nitro groups is 1. The smallest absolute Gasteiger partial charge is 0.220 e. The molecular weight excluding hydrogens is 404 g/mol. The van der Waals surface area contributed by atoms with Gasteiger partial charge in [0.05, 0.1) is 7.11 Å². The number of methoxy groups -OCH3 is 1. The highest BCUT2D eigenvalue weighted by Crippen LogP contribution is 2.39. The number of hydrogen-bond donors (Lipinski definition) is 0. The Morgan fingerprint density at radius 2 is 2.00 bits per heavy atom. The van der Waals surface area contributed by atoms with Crippen molar-refractivity contribution in [1.29, 1.82) is 0 Å². The first-order chi connectivity index (χ1) is 14.5. The summed E-state index contributed by atoms with van der Waals surface area (Å²) in [4.78, 5) is 11.0. The number of rotatable bonds is 10. The molecule has 0 bridgehead atoms. The molecule has 0 aliphatic carbocycles. The lowest BCUT2D eigenvalue weighted by Crippen LogP contribution is -2.11. The highest BCUT2D eigenvalue weighted by molar-refractivity contribution is 7.99. The number of hydrogen-bond acceptors (Lipinski definition) is 7. The summed E-state index contributed by atoms with van der Waals surface area (Å²) < 4.78 is 12.9. The van der Waals surface area contributed by atoms with Gasteiger partial charge in [0.15, 0.2) is 16.7 Å². The van der Waals surface area contributed by atoms with E-state index in [4.69, 9.17) is 9.47 Å². The molecule has 0 saturated heterocycles. The fourth-order valence-corrected chi connectivity index (χ4v) is 4.08. The first-order valence-electron chi connectivity index (χ1n) is 9.21. The number of aryl methyl sites for hydroxylation is 1. The van der Waals surface area contributed by atoms with E-state index in [1.807, 2.05) is 41.8 Å². The molecule has 156 valence electrons. The molecule has 3 rings (SSSR count). The van der Waals surface area contributed by atoms with Gasteiger partial charge in [-0.25, -0.2) is 0 Å². The zero-order valence-corrected chi connectivity index (χ0v) is 17.5. The van der Waals surface area contributed by atoms with Crippen LogP contribution in [0.3, 0.4) is 0 Å². The van der Waals surface area contributed by atoms with E-state index in [1.165, 1.54) is 18.9 Å². The maximum Gasteiger partial charge on any atom is 0.220 e. The Kier molecular flexibility index (Phi) is 7.08. The van der Waals surface area contributed by atoms with Crippen molar-refractivity contribution in [1.82, 2.24) is 14.8 Å². The molecule has 1 atom stereocenters. The minimum absolute atomic E-state index is 0.276. The Balaban J connectivity index is 1.95. The topological polar surface area (TPSA) is 92.3 Å². The van der Waals surface area contributed by atoms with Crippen LogP contribution >= 0.6 is 11.8 Å². The summed E-state index contributed by atoms with van der Waals surface area (Å²) in [5.41, 5.74) is 1.63. The summed E-state index contributed by atoms with van der Waals surface area (Å²) in [5, 5.41) is 19.9. The molecule has 1 aromatic heterocycles. The Bertz CT molecular complexity index is 1020. The fourth-order valence-electron chi connectivity index (χ4n) is 2.92. The standard InChI is InChI=1S/C21H22N4O4S/c1-4-12-29-18-11-10-16(13-19(18)28-3)20(14-24(26)27)30-21-23-22-15(2)25(21)17-8-6-5-7-9-17/h4-11,13,20H,1,12,14H2,2-3H3/t20-/m1/s1. The van der Waals surface area contributed by atoms with Crippen molar-refractivity contribution in [2.45, 2.75) is 17.3 Å². The predicted octanol–water partition coefficient (Wildman–Crippen LogP) is 4.26. The Labute approximate surface area is 178 Å². The normalized spacial score (nSPS) is 11.7. The maximum atomic E-state index is 11.4. The van der Waals surface area contributed by atoms with E-state index in [0.717, 1.165) is 11.3 Å². The number of aromatic nitrogens is 3. The minimum atomic E-state index is -0.492. The second-order valence-electron chi connectivity index (χ2n) is 6.33. The lowest BCUT2D eigenvalue weighted by atomic mass is 10.1. The molecule has 0 spiro atoms. The van der Waals surface area contributed by atoms with Crippen molar-refractivity contribution in [3.05, 3.63) is 82.7 Å². The van der Waals surface area contributed by atoms with Gasteiger partial charge < -0.3 is 9.47 Å². The molecule has 2 aromatic carbocycles. The lowest BCUT2D eigenvalue weighted by molar-refractivity contribution is -0.479. The van der Waals surface area contributed by atoms with E-state index in [-0.39, 0.29) is 11.5 Å². The van der Waals surface area contributed by atoms with Gasteiger partial charge in [-0.15, -0.1) is 10.2 Å². The van der Waals surface area contributed by atoms with Crippen LogP contribution in [0.1, 0.15) is 16.6 Å². The summed E-state index contributed by atoms with van der Waals surface area (Å²) in [5.74, 6) is 1.76. The van der Waals surface area contributed by atoms with Crippen LogP contribution < -0.4 is 9.47 Å². The van der Waals surface area contributed by atoms with Gasteiger partial charge in [-0.3, -0.25) is 14.7 Å². The molecule has 0 radical (unpaired) electrons. The fraction of sp³-hybridized carbons (Fsp3) is 0.238. The first-order valence-corrected chi connectivity index (χ1v) is 10.1. The van der Waals surface area contributed by atoms with Crippen LogP contribution in [0.4, 0.5) is 0 Å². The predicted molar refractivity (Wildman–Crippen MR) is 115 cm³/mol. The van der Waals surface area contributed by atoms with Gasteiger partial charge in [0.2, 0.25) is 6.54 Å². The van der Waals surface area contributed by atoms with Crippen molar-refractivity contribution in [3.8, 4) is 17.2 Å². The van der Waals surface area contributed by atoms with Crippen molar-refractivity contribution in [2.75, 3.05) is 20.3 Å². The number of ether oxygens (including phenoxy) is 2. The molecular formula is C21H22N4O4S. The van der Waals surface area contributed by atoms with Crippen LogP contribution in [0.15, 0.2) is 66.3 Å². The van der Waals surface area contributed by atoms with Crippen LogP contribution in [0, 0.1) is 17.0 Å². The zero-order valence-electron chi connectivity index (χ0n) is 16.7. The molecule has 30 heavy (non-hydrogen) atoms. The quantitative estimate of drug-likeness (QED) is 0.207. The van der Waals surface area contributed by atoms with Gasteiger partial charge in [0.1, 0.15) is 17.7 Å². The van der Waals surface area contributed by atoms with Gasteiger partial charge >= 0.3 is 0 Å². The van der Waals surface area contributed by atoms with Crippen molar-refractivity contribution in [2.24, 2.45) is 0 Å². The Morgan fingerprint density at radius 3 is 2.67 bits per heavy atom. The summed E-state index contributed by atoms with van der Waals surface area (Å²) >= 11 is 1.29. The van der Waals surface area contributed by atoms with E-state index >= 15 is 0 Å². The third-order valence-electron chi connectivity index (χ3n) is 4.29. The molecule has 0 unspecified atom stereocenters. The molecule has 0 saturated carbocycles. The summed E-state index contributed by atoms with van der Waals surface area (Å²) in [6.07, 6.45) is 1.64. The third kappa shape index (κ3) is 4.98. The molecule has 0 aliphatic rings. The van der Waals surface area contributed by atoms with Crippen LogP contribution in [0.5, 0.6) is 11.5 Å². The number of nitrogens with zero attached hydrogens (tertiary/aromatic N) is 4. The molecule has 1 heterocycles. The van der Waals surface area contributed by atoms with Gasteiger partial charge in [-0.1, -0.05) is 48.7 Å². The molecule has 8 nitrogen and oxygen atoms in total. The maximum absolute atomic E-state index is 11.4. The molecule has 0 fully saturated rings. The zero-order chi connectivity index (χ0) is 21.5. The first kappa shape index (κ1) is 21.4. The molecule has 0 amide bonds. The Hall–Kier alpha value is -3.33. The number of benzene rings is 2. The minimum Gasteiger partial charge on any atom is -0.493 e. The van der Waals surface area contributed by atoms with Crippen LogP contribution in [-0.4, -0.2) is 39.9 Å². The summed E-state index contributed by atoms with van der Waals surface area (Å²) in [7, 11) is 1.53. The van der Waals surface area contributed by atoms with Gasteiger partial charge in [-0.2, -0.15) is 0 Å². The largest absolute Gasteiger partial charge is 0.493 e. The number of para-hydroxylation sites is 1. The monoisotopic (exact) mass is 426 g/mol. The van der Waals surface area contributed by atoms with Crippen molar-refractivity contribution >= 4 is 11.8 Å². The SMILES string of the molecule is C=CCOc1ccc([C@@H](C[N+](=O)[O-])Sc2nnc(C)n2-c2ccccc2)cc1OC. The van der Waals surface area contributed by atoms with Crippen LogP contribution in [-0.2, 0) is 0 Å². The average molecular weight is 426 g/mol. The van der Waals surface area contributed by atoms with E-state index in [9.17, 15) is 10.1 Å². The Morgan fingerprint density at radius 1 is 1.23 bits per heavy atom. The molecule has 9 heteroatoms. The van der Waals surface area contributed by atoms with E-state index < -0.39 is 5.25 Å². The summed E-state index contributed by atoms with van der Waals surface area (Å²) in [6, 6.07) is 15.0. The summed E-state index contributed by atoms with van der Waals surface area (Å²) in [6.45, 7) is 5.54. The third-order valence-corrected chi connectivity index (χ3v) is 5.47. The van der Waals surface area contributed by atoms with E-state index in [1.54, 1.807) is 24.3 Å². The molecule has 3 aromatic rings. The lowest BCUT2D eigenvalue weighted by Gasteiger charge is -2.16. The van der Waals surface area contributed by atoms with Gasteiger partial charge in [0, 0.05) is 10.6 Å². The van der Waals surface area contributed by atoms with Crippen molar-refractivity contribution in [3.63, 3.8) is 0 Å². The van der Waals surface area contributed by atoms with Gasteiger partial charge in [0.25, 0.3) is 0 Å². The second-order valence-corrected chi connectivity index (χ2v) is 7.50. The molecule has 0 aliphatic heterocycles. The molecule has 0 N–H and O–H groups in total. The van der Waals surface area contributed by atoms with E-state index in [0.29, 0.717) is 29.1 Å². The highest BCUT2D eigenvalue weighted by Gasteiger charge is 2.25. The van der Waals surface area contributed by atoms with Crippen LogP contribution in [0.25, 0.3) is 5.69 Å². The van der Waals surface area contributed by atoms with E-state index in [2.05, 4.69) is 16.8 Å².